The first-order chi connectivity index (χ1) is 7.87. The third-order valence-corrected chi connectivity index (χ3v) is 6.31. The molecule has 2 atom stereocenters. The second-order valence-corrected chi connectivity index (χ2v) is 8.15. The Kier molecular flexibility index (Phi) is 3.54. The van der Waals surface area contributed by atoms with Crippen molar-refractivity contribution in [1.82, 2.24) is 4.90 Å². The van der Waals surface area contributed by atoms with Crippen LogP contribution >= 0.6 is 0 Å². The standard InChI is InChI=1S/C12H23NO3S/c1-12(2)10(8-14)4-3-6-13(12)11-5-7-17(15,16)9-11/h10-11,14H,3-9H2,1-2H3. The molecule has 0 aromatic rings. The van der Waals surface area contributed by atoms with Crippen molar-refractivity contribution in [2.45, 2.75) is 44.7 Å². The lowest BCUT2D eigenvalue weighted by Gasteiger charge is -2.50. The number of hydrogen-bond acceptors (Lipinski definition) is 4. The van der Waals surface area contributed by atoms with Crippen LogP contribution in [0.25, 0.3) is 0 Å². The topological polar surface area (TPSA) is 57.6 Å². The van der Waals surface area contributed by atoms with Gasteiger partial charge in [-0.25, -0.2) is 8.42 Å². The highest BCUT2D eigenvalue weighted by molar-refractivity contribution is 7.91. The molecule has 0 spiro atoms. The van der Waals surface area contributed by atoms with Crippen molar-refractivity contribution >= 4 is 9.84 Å². The number of hydrogen-bond donors (Lipinski definition) is 1. The van der Waals surface area contributed by atoms with E-state index in [0.717, 1.165) is 25.8 Å². The van der Waals surface area contributed by atoms with Crippen molar-refractivity contribution in [2.24, 2.45) is 5.92 Å². The molecule has 0 amide bonds. The molecule has 5 heteroatoms. The summed E-state index contributed by atoms with van der Waals surface area (Å²) >= 11 is 0. The molecule has 4 nitrogen and oxygen atoms in total. The van der Waals surface area contributed by atoms with Crippen molar-refractivity contribution in [2.75, 3.05) is 24.7 Å². The maximum atomic E-state index is 11.6. The third kappa shape index (κ3) is 2.51. The first kappa shape index (κ1) is 13.3. The van der Waals surface area contributed by atoms with Crippen LogP contribution in [0.2, 0.25) is 0 Å². The lowest BCUT2D eigenvalue weighted by molar-refractivity contribution is -0.0261. The highest BCUT2D eigenvalue weighted by Gasteiger charge is 2.44. The quantitative estimate of drug-likeness (QED) is 0.793. The molecule has 100 valence electrons. The molecule has 2 saturated heterocycles. The van der Waals surface area contributed by atoms with Crippen LogP contribution in [0.5, 0.6) is 0 Å². The molecule has 17 heavy (non-hydrogen) atoms. The maximum Gasteiger partial charge on any atom is 0.151 e. The van der Waals surface area contributed by atoms with Gasteiger partial charge in [0, 0.05) is 18.2 Å². The van der Waals surface area contributed by atoms with Crippen LogP contribution in [0, 0.1) is 5.92 Å². The second-order valence-electron chi connectivity index (χ2n) is 5.93. The fourth-order valence-corrected chi connectivity index (χ4v) is 5.10. The van der Waals surface area contributed by atoms with Crippen LogP contribution in [0.3, 0.4) is 0 Å². The average Bonchev–Trinajstić information content (AvgIpc) is 2.57. The summed E-state index contributed by atoms with van der Waals surface area (Å²) in [5, 5.41) is 9.44. The number of rotatable bonds is 2. The highest BCUT2D eigenvalue weighted by atomic mass is 32.2. The molecule has 2 fully saturated rings. The number of aliphatic hydroxyl groups is 1. The zero-order chi connectivity index (χ0) is 12.7. The summed E-state index contributed by atoms with van der Waals surface area (Å²) in [6.45, 7) is 5.43. The van der Waals surface area contributed by atoms with Gasteiger partial charge in [-0.2, -0.15) is 0 Å². The zero-order valence-corrected chi connectivity index (χ0v) is 11.5. The van der Waals surface area contributed by atoms with Gasteiger partial charge in [0.2, 0.25) is 0 Å². The van der Waals surface area contributed by atoms with Crippen molar-refractivity contribution < 1.29 is 13.5 Å². The fraction of sp³-hybridized carbons (Fsp3) is 1.00. The Hall–Kier alpha value is -0.130. The van der Waals surface area contributed by atoms with Crippen molar-refractivity contribution in [3.63, 3.8) is 0 Å². The Morgan fingerprint density at radius 1 is 1.35 bits per heavy atom. The van der Waals surface area contributed by atoms with Gasteiger partial charge in [-0.1, -0.05) is 0 Å². The van der Waals surface area contributed by atoms with E-state index >= 15 is 0 Å². The molecule has 2 heterocycles. The van der Waals surface area contributed by atoms with Crippen molar-refractivity contribution in [3.8, 4) is 0 Å². The molecule has 2 aliphatic rings. The first-order valence-corrected chi connectivity index (χ1v) is 8.27. The molecule has 0 saturated carbocycles. The molecule has 0 aliphatic carbocycles. The van der Waals surface area contributed by atoms with Gasteiger partial charge in [0.25, 0.3) is 0 Å². The fourth-order valence-electron chi connectivity index (χ4n) is 3.37. The molecule has 0 aromatic carbocycles. The van der Waals surface area contributed by atoms with Crippen LogP contribution in [0.15, 0.2) is 0 Å². The van der Waals surface area contributed by atoms with Crippen molar-refractivity contribution in [3.05, 3.63) is 0 Å². The van der Waals surface area contributed by atoms with Gasteiger partial charge >= 0.3 is 0 Å². The summed E-state index contributed by atoms with van der Waals surface area (Å²) in [7, 11) is -2.82. The molecule has 0 radical (unpaired) electrons. The lowest BCUT2D eigenvalue weighted by atomic mass is 9.78. The van der Waals surface area contributed by atoms with Gasteiger partial charge < -0.3 is 5.11 Å². The van der Waals surface area contributed by atoms with Crippen LogP contribution in [-0.2, 0) is 9.84 Å². The number of sulfone groups is 1. The van der Waals surface area contributed by atoms with E-state index in [0.29, 0.717) is 11.5 Å². The zero-order valence-electron chi connectivity index (χ0n) is 10.7. The number of likely N-dealkylation sites (tertiary alicyclic amines) is 1. The SMILES string of the molecule is CC1(C)C(CO)CCCN1C1CCS(=O)(=O)C1. The molecular weight excluding hydrogens is 238 g/mol. The van der Waals surface area contributed by atoms with Gasteiger partial charge in [0.15, 0.2) is 9.84 Å². The van der Waals surface area contributed by atoms with Gasteiger partial charge in [0.05, 0.1) is 11.5 Å². The van der Waals surface area contributed by atoms with Crippen LogP contribution < -0.4 is 0 Å². The lowest BCUT2D eigenvalue weighted by Crippen LogP contribution is -2.58. The first-order valence-electron chi connectivity index (χ1n) is 6.45. The van der Waals surface area contributed by atoms with E-state index in [9.17, 15) is 13.5 Å². The predicted octanol–water partition coefficient (Wildman–Crippen LogP) is 0.656. The molecule has 2 rings (SSSR count). The Morgan fingerprint density at radius 2 is 2.06 bits per heavy atom. The van der Waals surface area contributed by atoms with Crippen LogP contribution in [-0.4, -0.2) is 54.7 Å². The Balaban J connectivity index is 2.15. The number of piperidine rings is 1. The summed E-state index contributed by atoms with van der Waals surface area (Å²) in [5.74, 6) is 0.891. The smallest absolute Gasteiger partial charge is 0.151 e. The van der Waals surface area contributed by atoms with Crippen LogP contribution in [0.1, 0.15) is 33.1 Å². The highest BCUT2D eigenvalue weighted by Crippen LogP contribution is 2.36. The minimum atomic E-state index is -2.82. The monoisotopic (exact) mass is 261 g/mol. The molecule has 0 bridgehead atoms. The normalized spacial score (nSPS) is 37.1. The van der Waals surface area contributed by atoms with Gasteiger partial charge in [0.1, 0.15) is 0 Å². The van der Waals surface area contributed by atoms with Gasteiger partial charge in [-0.3, -0.25) is 4.90 Å². The van der Waals surface area contributed by atoms with Crippen molar-refractivity contribution in [1.29, 1.82) is 0 Å². The Labute approximate surface area is 104 Å². The Bertz CT molecular complexity index is 377. The van der Waals surface area contributed by atoms with E-state index in [1.54, 1.807) is 0 Å². The van der Waals surface area contributed by atoms with E-state index in [-0.39, 0.29) is 24.1 Å². The summed E-state index contributed by atoms with van der Waals surface area (Å²) in [5.41, 5.74) is -0.0858. The minimum absolute atomic E-state index is 0.0858. The molecular formula is C12H23NO3S. The molecule has 2 aliphatic heterocycles. The Morgan fingerprint density at radius 3 is 2.59 bits per heavy atom. The van der Waals surface area contributed by atoms with E-state index in [1.165, 1.54) is 0 Å². The summed E-state index contributed by atoms with van der Waals surface area (Å²) < 4.78 is 23.1. The van der Waals surface area contributed by atoms with Crippen LogP contribution in [0.4, 0.5) is 0 Å². The average molecular weight is 261 g/mol. The number of nitrogens with zero attached hydrogens (tertiary/aromatic N) is 1. The van der Waals surface area contributed by atoms with E-state index in [4.69, 9.17) is 0 Å². The maximum absolute atomic E-state index is 11.6. The predicted molar refractivity (Wildman–Crippen MR) is 67.7 cm³/mol. The van der Waals surface area contributed by atoms with Gasteiger partial charge in [-0.15, -0.1) is 0 Å². The largest absolute Gasteiger partial charge is 0.396 e. The minimum Gasteiger partial charge on any atom is -0.396 e. The number of aliphatic hydroxyl groups excluding tert-OH is 1. The second kappa shape index (κ2) is 4.52. The van der Waals surface area contributed by atoms with E-state index in [2.05, 4.69) is 18.7 Å². The molecule has 0 aromatic heterocycles. The third-order valence-electron chi connectivity index (χ3n) is 4.56. The van der Waals surface area contributed by atoms with E-state index < -0.39 is 9.84 Å². The summed E-state index contributed by atoms with van der Waals surface area (Å²) in [4.78, 5) is 2.32. The summed E-state index contributed by atoms with van der Waals surface area (Å²) in [6, 6.07) is 0.157. The van der Waals surface area contributed by atoms with Gasteiger partial charge in [-0.05, 0) is 45.6 Å². The van der Waals surface area contributed by atoms with E-state index in [1.807, 2.05) is 0 Å². The molecule has 1 N–H and O–H groups in total. The molecule has 2 unspecified atom stereocenters. The summed E-state index contributed by atoms with van der Waals surface area (Å²) in [6.07, 6.45) is 2.86.